The Morgan fingerprint density at radius 3 is 2.25 bits per heavy atom. The Hall–Kier alpha value is -0.530. The maximum Gasteiger partial charge on any atom is 0.417 e. The van der Waals surface area contributed by atoms with Crippen LogP contribution in [0.25, 0.3) is 0 Å². The van der Waals surface area contributed by atoms with Crippen LogP contribution in [0.4, 0.5) is 0 Å². The zero-order valence-corrected chi connectivity index (χ0v) is 8.46. The van der Waals surface area contributed by atoms with Crippen LogP contribution in [-0.4, -0.2) is 12.6 Å². The molecule has 0 aliphatic carbocycles. The highest BCUT2D eigenvalue weighted by atomic mass is 16.5. The van der Waals surface area contributed by atoms with Crippen molar-refractivity contribution in [3.8, 4) is 0 Å². The molecule has 0 bridgehead atoms. The molecule has 0 heterocycles. The lowest BCUT2D eigenvalue weighted by molar-refractivity contribution is 0.106. The molecule has 2 unspecified atom stereocenters. The first-order chi connectivity index (χ1) is 5.61. The molecular weight excluding hydrogens is 152 g/mol. The van der Waals surface area contributed by atoms with Gasteiger partial charge in [-0.2, -0.15) is 0 Å². The maximum atomic E-state index is 10.0. The molecule has 0 saturated carbocycles. The van der Waals surface area contributed by atoms with Gasteiger partial charge in [-0.15, -0.1) is 0 Å². The van der Waals surface area contributed by atoms with Crippen molar-refractivity contribution in [3.63, 3.8) is 0 Å². The van der Waals surface area contributed by atoms with Crippen molar-refractivity contribution < 1.29 is 9.53 Å². The first kappa shape index (κ1) is 11.5. The summed E-state index contributed by atoms with van der Waals surface area (Å²) in [5.74, 6) is 1.01. The van der Waals surface area contributed by atoms with Gasteiger partial charge in [0, 0.05) is 0 Å². The summed E-state index contributed by atoms with van der Waals surface area (Å²) >= 11 is 0. The Morgan fingerprint density at radius 1 is 1.33 bits per heavy atom. The summed E-state index contributed by atoms with van der Waals surface area (Å²) in [7, 11) is 0. The molecule has 2 nitrogen and oxygen atoms in total. The average molecular weight is 171 g/mol. The maximum absolute atomic E-state index is 10.0. The highest BCUT2D eigenvalue weighted by molar-refractivity contribution is 5.38. The lowest BCUT2D eigenvalue weighted by atomic mass is 9.94. The summed E-state index contributed by atoms with van der Waals surface area (Å²) in [6.07, 6.45) is 2.12. The van der Waals surface area contributed by atoms with Gasteiger partial charge in [0.15, 0.2) is 0 Å². The Labute approximate surface area is 75.3 Å². The topological polar surface area (TPSA) is 26.3 Å². The van der Waals surface area contributed by atoms with Crippen LogP contribution in [0, 0.1) is 11.8 Å². The predicted molar refractivity (Wildman–Crippen MR) is 49.5 cm³/mol. The van der Waals surface area contributed by atoms with Gasteiger partial charge in [-0.25, -0.2) is 4.79 Å². The Morgan fingerprint density at radius 2 is 1.92 bits per heavy atom. The molecule has 0 aromatic heterocycles. The quantitative estimate of drug-likeness (QED) is 0.614. The number of hydrogen-bond acceptors (Lipinski definition) is 2. The lowest BCUT2D eigenvalue weighted by Crippen LogP contribution is -2.21. The third-order valence-electron chi connectivity index (χ3n) is 2.27. The summed E-state index contributed by atoms with van der Waals surface area (Å²) in [6.45, 7) is 9.96. The minimum Gasteiger partial charge on any atom is -0.454 e. The van der Waals surface area contributed by atoms with Crippen molar-refractivity contribution in [2.45, 2.75) is 46.6 Å². The van der Waals surface area contributed by atoms with E-state index in [2.05, 4.69) is 27.7 Å². The molecule has 71 valence electrons. The molecule has 0 aliphatic heterocycles. The SMILES string of the molecule is CCC(C)CC(O[C]=O)C(C)C. The molecule has 2 atom stereocenters. The first-order valence-corrected chi connectivity index (χ1v) is 4.64. The molecule has 0 amide bonds. The smallest absolute Gasteiger partial charge is 0.417 e. The molecule has 2 heteroatoms. The van der Waals surface area contributed by atoms with Crippen molar-refractivity contribution >= 4 is 6.47 Å². The van der Waals surface area contributed by atoms with Crippen LogP contribution in [0.5, 0.6) is 0 Å². The number of carbonyl (C=O) groups excluding carboxylic acids is 1. The van der Waals surface area contributed by atoms with Crippen LogP contribution in [0.3, 0.4) is 0 Å². The second kappa shape index (κ2) is 6.04. The van der Waals surface area contributed by atoms with Gasteiger partial charge in [-0.1, -0.05) is 34.1 Å². The highest BCUT2D eigenvalue weighted by Gasteiger charge is 2.16. The van der Waals surface area contributed by atoms with Crippen LogP contribution in [0.1, 0.15) is 40.5 Å². The van der Waals surface area contributed by atoms with Crippen LogP contribution < -0.4 is 0 Å². The van der Waals surface area contributed by atoms with Crippen molar-refractivity contribution in [1.29, 1.82) is 0 Å². The van der Waals surface area contributed by atoms with Crippen molar-refractivity contribution in [3.05, 3.63) is 0 Å². The van der Waals surface area contributed by atoms with Gasteiger partial charge in [0.25, 0.3) is 0 Å². The van der Waals surface area contributed by atoms with E-state index in [-0.39, 0.29) is 6.10 Å². The minimum absolute atomic E-state index is 0.0393. The van der Waals surface area contributed by atoms with E-state index in [1.165, 1.54) is 6.47 Å². The van der Waals surface area contributed by atoms with Gasteiger partial charge in [-0.3, -0.25) is 0 Å². The molecule has 12 heavy (non-hydrogen) atoms. The van der Waals surface area contributed by atoms with E-state index in [0.29, 0.717) is 11.8 Å². The minimum atomic E-state index is 0.0393. The van der Waals surface area contributed by atoms with Crippen molar-refractivity contribution in [2.24, 2.45) is 11.8 Å². The Kier molecular flexibility index (Phi) is 5.77. The number of ether oxygens (including phenoxy) is 1. The molecule has 0 aromatic rings. The second-order valence-corrected chi connectivity index (χ2v) is 3.73. The summed E-state index contributed by atoms with van der Waals surface area (Å²) in [5, 5.41) is 0. The van der Waals surface area contributed by atoms with Crippen molar-refractivity contribution in [1.82, 2.24) is 0 Å². The lowest BCUT2D eigenvalue weighted by Gasteiger charge is -2.21. The summed E-state index contributed by atoms with van der Waals surface area (Å²) in [6, 6.07) is 0. The molecule has 0 saturated heterocycles. The molecule has 0 aliphatic rings. The van der Waals surface area contributed by atoms with Gasteiger partial charge in [0.05, 0.1) is 0 Å². The predicted octanol–water partition coefficient (Wildman–Crippen LogP) is 2.53. The first-order valence-electron chi connectivity index (χ1n) is 4.64. The van der Waals surface area contributed by atoms with E-state index in [0.717, 1.165) is 12.8 Å². The highest BCUT2D eigenvalue weighted by Crippen LogP contribution is 2.17. The van der Waals surface area contributed by atoms with Crippen LogP contribution in [0.2, 0.25) is 0 Å². The van der Waals surface area contributed by atoms with Gasteiger partial charge in [0.2, 0.25) is 0 Å². The summed E-state index contributed by atoms with van der Waals surface area (Å²) in [5.41, 5.74) is 0. The largest absolute Gasteiger partial charge is 0.454 e. The normalized spacial score (nSPS) is 15.8. The molecule has 0 fully saturated rings. The van der Waals surface area contributed by atoms with Crippen LogP contribution in [0.15, 0.2) is 0 Å². The standard InChI is InChI=1S/C10H19O2/c1-5-9(4)6-10(8(2)3)12-7-11/h8-10H,5-6H2,1-4H3. The molecular formula is C10H19O2. The summed E-state index contributed by atoms with van der Waals surface area (Å²) in [4.78, 5) is 10.0. The van der Waals surface area contributed by atoms with E-state index in [4.69, 9.17) is 4.74 Å². The Balaban J connectivity index is 3.85. The van der Waals surface area contributed by atoms with E-state index in [1.54, 1.807) is 0 Å². The van der Waals surface area contributed by atoms with E-state index in [1.807, 2.05) is 0 Å². The van der Waals surface area contributed by atoms with E-state index >= 15 is 0 Å². The fraction of sp³-hybridized carbons (Fsp3) is 0.900. The fourth-order valence-corrected chi connectivity index (χ4v) is 1.08. The van der Waals surface area contributed by atoms with Crippen molar-refractivity contribution in [2.75, 3.05) is 0 Å². The second-order valence-electron chi connectivity index (χ2n) is 3.73. The zero-order valence-electron chi connectivity index (χ0n) is 8.46. The van der Waals surface area contributed by atoms with E-state index in [9.17, 15) is 4.79 Å². The van der Waals surface area contributed by atoms with Gasteiger partial charge in [-0.05, 0) is 18.3 Å². The molecule has 0 N–H and O–H groups in total. The van der Waals surface area contributed by atoms with Gasteiger partial charge < -0.3 is 4.74 Å². The Bertz CT molecular complexity index is 121. The zero-order chi connectivity index (χ0) is 9.56. The third-order valence-corrected chi connectivity index (χ3v) is 2.27. The number of hydrogen-bond donors (Lipinski definition) is 0. The third kappa shape index (κ3) is 4.37. The molecule has 1 radical (unpaired) electrons. The van der Waals surface area contributed by atoms with Gasteiger partial charge >= 0.3 is 6.47 Å². The van der Waals surface area contributed by atoms with Gasteiger partial charge in [0.1, 0.15) is 6.10 Å². The molecule has 0 aromatic carbocycles. The van der Waals surface area contributed by atoms with Crippen LogP contribution in [-0.2, 0) is 9.53 Å². The van der Waals surface area contributed by atoms with Crippen LogP contribution >= 0.6 is 0 Å². The summed E-state index contributed by atoms with van der Waals surface area (Å²) < 4.78 is 4.87. The number of rotatable bonds is 6. The average Bonchev–Trinajstić information content (AvgIpc) is 2.03. The fourth-order valence-electron chi connectivity index (χ4n) is 1.08. The van der Waals surface area contributed by atoms with E-state index < -0.39 is 0 Å². The molecule has 0 rings (SSSR count). The monoisotopic (exact) mass is 171 g/mol. The molecule has 0 spiro atoms.